The van der Waals surface area contributed by atoms with Crippen LogP contribution in [0.1, 0.15) is 34.1 Å². The summed E-state index contributed by atoms with van der Waals surface area (Å²) in [6, 6.07) is 0. The standard InChI is InChI=1S/C18H25NO10S/c1-9(20)25-8-13-14(26-10(2)21)15(27-11(3)22)16(28-12(4)23)17(29-13)30-18-19-6-5-7-24-18/h13-17H,5-8H2,1-4H3/t13-,14-,15+,16-,17+/m1/s1. The molecule has 1 saturated heterocycles. The van der Waals surface area contributed by atoms with E-state index in [9.17, 15) is 19.2 Å². The molecule has 12 heteroatoms. The van der Waals surface area contributed by atoms with E-state index in [-0.39, 0.29) is 6.61 Å². The highest BCUT2D eigenvalue weighted by Gasteiger charge is 2.53. The number of aliphatic imine (C=N–C) groups is 1. The zero-order chi connectivity index (χ0) is 22.3. The Morgan fingerprint density at radius 1 is 0.933 bits per heavy atom. The smallest absolute Gasteiger partial charge is 0.303 e. The molecule has 2 heterocycles. The molecule has 0 amide bonds. The average Bonchev–Trinajstić information content (AvgIpc) is 2.64. The number of nitrogens with zero attached hydrogens (tertiary/aromatic N) is 1. The van der Waals surface area contributed by atoms with Gasteiger partial charge in [0.15, 0.2) is 23.7 Å². The predicted octanol–water partition coefficient (Wildman–Crippen LogP) is 0.579. The molecule has 0 spiro atoms. The minimum Gasteiger partial charge on any atom is -0.473 e. The number of thioether (sulfide) groups is 1. The second kappa shape index (κ2) is 11.2. The summed E-state index contributed by atoms with van der Waals surface area (Å²) in [7, 11) is 0. The fourth-order valence-electron chi connectivity index (χ4n) is 2.89. The van der Waals surface area contributed by atoms with Crippen LogP contribution >= 0.6 is 11.8 Å². The zero-order valence-electron chi connectivity index (χ0n) is 17.2. The van der Waals surface area contributed by atoms with Crippen molar-refractivity contribution in [2.75, 3.05) is 19.8 Å². The van der Waals surface area contributed by atoms with Crippen LogP contribution in [0.3, 0.4) is 0 Å². The van der Waals surface area contributed by atoms with Crippen molar-refractivity contribution in [1.29, 1.82) is 0 Å². The van der Waals surface area contributed by atoms with E-state index in [0.29, 0.717) is 18.4 Å². The number of hydrogen-bond acceptors (Lipinski definition) is 12. The molecular weight excluding hydrogens is 422 g/mol. The molecule has 2 rings (SSSR count). The highest BCUT2D eigenvalue weighted by atomic mass is 32.2. The fraction of sp³-hybridized carbons (Fsp3) is 0.722. The number of esters is 4. The molecule has 0 aromatic carbocycles. The highest BCUT2D eigenvalue weighted by Crippen LogP contribution is 2.35. The Balaban J connectivity index is 2.38. The number of carbonyl (C=O) groups is 4. The van der Waals surface area contributed by atoms with Crippen LogP contribution in [0.25, 0.3) is 0 Å². The Bertz CT molecular complexity index is 696. The first kappa shape index (κ1) is 23.9. The maximum absolute atomic E-state index is 11.8. The lowest BCUT2D eigenvalue weighted by Gasteiger charge is -2.44. The predicted molar refractivity (Wildman–Crippen MR) is 102 cm³/mol. The van der Waals surface area contributed by atoms with Crippen LogP contribution in [0.4, 0.5) is 0 Å². The third-order valence-corrected chi connectivity index (χ3v) is 4.99. The van der Waals surface area contributed by atoms with Crippen molar-refractivity contribution >= 4 is 40.9 Å². The molecule has 5 atom stereocenters. The lowest BCUT2D eigenvalue weighted by atomic mass is 9.99. The van der Waals surface area contributed by atoms with E-state index in [0.717, 1.165) is 18.2 Å². The molecule has 1 fully saturated rings. The highest BCUT2D eigenvalue weighted by molar-refractivity contribution is 8.14. The summed E-state index contributed by atoms with van der Waals surface area (Å²) < 4.78 is 32.5. The van der Waals surface area contributed by atoms with Gasteiger partial charge < -0.3 is 28.4 Å². The van der Waals surface area contributed by atoms with Crippen LogP contribution in [-0.4, -0.2) is 78.7 Å². The van der Waals surface area contributed by atoms with Gasteiger partial charge in [0.1, 0.15) is 12.7 Å². The second-order valence-electron chi connectivity index (χ2n) is 6.54. The Morgan fingerprint density at radius 2 is 1.53 bits per heavy atom. The van der Waals surface area contributed by atoms with E-state index in [1.807, 2.05) is 0 Å². The van der Waals surface area contributed by atoms with Gasteiger partial charge in [0.25, 0.3) is 0 Å². The molecule has 0 unspecified atom stereocenters. The number of rotatable bonds is 6. The van der Waals surface area contributed by atoms with Gasteiger partial charge in [-0.3, -0.25) is 19.2 Å². The lowest BCUT2D eigenvalue weighted by Crippen LogP contribution is -2.61. The average molecular weight is 447 g/mol. The zero-order valence-corrected chi connectivity index (χ0v) is 18.0. The summed E-state index contributed by atoms with van der Waals surface area (Å²) in [5.74, 6) is -2.59. The van der Waals surface area contributed by atoms with Crippen molar-refractivity contribution in [2.45, 2.75) is 64.0 Å². The number of hydrogen-bond donors (Lipinski definition) is 0. The Labute approximate surface area is 177 Å². The van der Waals surface area contributed by atoms with Crippen molar-refractivity contribution in [1.82, 2.24) is 0 Å². The lowest BCUT2D eigenvalue weighted by molar-refractivity contribution is -0.237. The van der Waals surface area contributed by atoms with E-state index >= 15 is 0 Å². The maximum atomic E-state index is 11.8. The van der Waals surface area contributed by atoms with Crippen molar-refractivity contribution in [3.05, 3.63) is 0 Å². The molecule has 2 aliphatic rings. The third-order valence-electron chi connectivity index (χ3n) is 3.93. The number of carbonyl (C=O) groups excluding carboxylic acids is 4. The quantitative estimate of drug-likeness (QED) is 0.418. The summed E-state index contributed by atoms with van der Waals surface area (Å²) in [6.45, 7) is 5.49. The van der Waals surface area contributed by atoms with Gasteiger partial charge in [-0.1, -0.05) is 0 Å². The molecule has 0 bridgehead atoms. The summed E-state index contributed by atoms with van der Waals surface area (Å²) in [6.07, 6.45) is -3.74. The summed E-state index contributed by atoms with van der Waals surface area (Å²) in [5.41, 5.74) is -0.928. The topological polar surface area (TPSA) is 136 Å². The van der Waals surface area contributed by atoms with Crippen LogP contribution in [0.5, 0.6) is 0 Å². The van der Waals surface area contributed by atoms with Gasteiger partial charge in [-0.25, -0.2) is 4.99 Å². The summed E-state index contributed by atoms with van der Waals surface area (Å²) in [4.78, 5) is 50.7. The van der Waals surface area contributed by atoms with E-state index in [1.54, 1.807) is 0 Å². The number of ether oxygens (including phenoxy) is 6. The third kappa shape index (κ3) is 7.17. The molecule has 168 valence electrons. The van der Waals surface area contributed by atoms with Gasteiger partial charge >= 0.3 is 23.9 Å². The van der Waals surface area contributed by atoms with E-state index in [2.05, 4.69) is 4.99 Å². The van der Waals surface area contributed by atoms with E-state index in [1.165, 1.54) is 27.7 Å². The van der Waals surface area contributed by atoms with Crippen molar-refractivity contribution in [3.63, 3.8) is 0 Å². The molecule has 2 aliphatic heterocycles. The van der Waals surface area contributed by atoms with Gasteiger partial charge in [0, 0.05) is 40.7 Å². The van der Waals surface area contributed by atoms with E-state index < -0.39 is 53.7 Å². The van der Waals surface area contributed by atoms with Gasteiger partial charge in [0.05, 0.1) is 6.61 Å². The Kier molecular flexibility index (Phi) is 8.90. The minimum absolute atomic E-state index is 0.276. The first-order valence-electron chi connectivity index (χ1n) is 9.31. The fourth-order valence-corrected chi connectivity index (χ4v) is 3.95. The molecule has 0 radical (unpaired) electrons. The van der Waals surface area contributed by atoms with Gasteiger partial charge in [0.2, 0.25) is 5.23 Å². The SMILES string of the molecule is CC(=O)OC[C@H]1O[C@@H](SC2=NCCCO2)[C@H](OC(C)=O)[C@@H](OC(C)=O)[C@@H]1OC(C)=O. The van der Waals surface area contributed by atoms with Gasteiger partial charge in [-0.2, -0.15) is 0 Å². The summed E-state index contributed by atoms with van der Waals surface area (Å²) >= 11 is 1.04. The molecule has 11 nitrogen and oxygen atoms in total. The second-order valence-corrected chi connectivity index (χ2v) is 7.58. The van der Waals surface area contributed by atoms with Crippen LogP contribution in [0.2, 0.25) is 0 Å². The minimum atomic E-state index is -1.20. The normalized spacial score (nSPS) is 28.4. The van der Waals surface area contributed by atoms with Crippen LogP contribution < -0.4 is 0 Å². The van der Waals surface area contributed by atoms with Crippen LogP contribution in [0, 0.1) is 0 Å². The molecule has 0 N–H and O–H groups in total. The first-order valence-corrected chi connectivity index (χ1v) is 10.2. The molecular formula is C18H25NO10S. The van der Waals surface area contributed by atoms with Crippen molar-refractivity contribution < 1.29 is 47.6 Å². The van der Waals surface area contributed by atoms with Crippen molar-refractivity contribution in [3.8, 4) is 0 Å². The Morgan fingerprint density at radius 3 is 2.07 bits per heavy atom. The summed E-state index contributed by atoms with van der Waals surface area (Å²) in [5, 5.41) is 0.321. The maximum Gasteiger partial charge on any atom is 0.303 e. The van der Waals surface area contributed by atoms with Gasteiger partial charge in [-0.15, -0.1) is 0 Å². The largest absolute Gasteiger partial charge is 0.473 e. The monoisotopic (exact) mass is 447 g/mol. The van der Waals surface area contributed by atoms with Crippen molar-refractivity contribution in [2.24, 2.45) is 4.99 Å². The van der Waals surface area contributed by atoms with Crippen LogP contribution in [0.15, 0.2) is 4.99 Å². The first-order chi connectivity index (χ1) is 14.2. The molecule has 0 aromatic rings. The van der Waals surface area contributed by atoms with Crippen LogP contribution in [-0.2, 0) is 47.6 Å². The molecule has 0 aromatic heterocycles. The van der Waals surface area contributed by atoms with Gasteiger partial charge in [-0.05, 0) is 11.8 Å². The molecule has 0 aliphatic carbocycles. The Hall–Kier alpha value is -2.34. The molecule has 30 heavy (non-hydrogen) atoms. The van der Waals surface area contributed by atoms with E-state index in [4.69, 9.17) is 28.4 Å². The molecule has 0 saturated carbocycles.